The van der Waals surface area contributed by atoms with E-state index in [1.54, 1.807) is 6.07 Å². The van der Waals surface area contributed by atoms with Crippen molar-refractivity contribution in [3.8, 4) is 11.5 Å². The number of fused-ring (bicyclic) bond motifs is 3. The van der Waals surface area contributed by atoms with Crippen LogP contribution in [0.25, 0.3) is 0 Å². The van der Waals surface area contributed by atoms with Crippen molar-refractivity contribution in [3.05, 3.63) is 58.6 Å². The molecule has 7 nitrogen and oxygen atoms in total. The monoisotopic (exact) mass is 440 g/mol. The molecule has 162 valence electrons. The molecule has 0 spiro atoms. The molecule has 3 aliphatic rings. The molecule has 3 atom stereocenters. The standard InChI is InChI=1S/C23H25ClN4O3/c1-31-19-12-6-9-16(20(19)29)21-25-26-23-27(13-14-7-2-4-10-17(14)24)22(30)15-8-3-5-11-18(15)28(21)23/h2,4,6-7,9-10,12,15,18,23,26,29H,3,5,8,11,13H2,1H3. The van der Waals surface area contributed by atoms with E-state index in [4.69, 9.17) is 16.3 Å². The third kappa shape index (κ3) is 3.28. The van der Waals surface area contributed by atoms with Crippen LogP contribution in [-0.2, 0) is 11.3 Å². The molecular weight excluding hydrogens is 416 g/mol. The first-order chi connectivity index (χ1) is 15.1. The number of para-hydroxylation sites is 1. The van der Waals surface area contributed by atoms with E-state index in [1.807, 2.05) is 41.3 Å². The number of rotatable bonds is 4. The molecule has 31 heavy (non-hydrogen) atoms. The Bertz CT molecular complexity index is 1040. The summed E-state index contributed by atoms with van der Waals surface area (Å²) in [6.45, 7) is 0.392. The molecular formula is C23H25ClN4O3. The fraction of sp³-hybridized carbons (Fsp3) is 0.391. The lowest BCUT2D eigenvalue weighted by molar-refractivity contribution is -0.156. The Morgan fingerprint density at radius 2 is 2.00 bits per heavy atom. The first-order valence-corrected chi connectivity index (χ1v) is 11.0. The topological polar surface area (TPSA) is 77.4 Å². The summed E-state index contributed by atoms with van der Waals surface area (Å²) in [4.78, 5) is 17.5. The van der Waals surface area contributed by atoms with Crippen molar-refractivity contribution in [1.29, 1.82) is 0 Å². The highest BCUT2D eigenvalue weighted by Crippen LogP contribution is 2.41. The normalized spacial score (nSPS) is 24.9. The third-order valence-electron chi connectivity index (χ3n) is 6.53. The zero-order valence-electron chi connectivity index (χ0n) is 17.3. The van der Waals surface area contributed by atoms with E-state index >= 15 is 0 Å². The minimum Gasteiger partial charge on any atom is -0.504 e. The fourth-order valence-corrected chi connectivity index (χ4v) is 5.22. The Morgan fingerprint density at radius 1 is 1.19 bits per heavy atom. The summed E-state index contributed by atoms with van der Waals surface area (Å²) in [7, 11) is 1.53. The first-order valence-electron chi connectivity index (χ1n) is 10.6. The maximum Gasteiger partial charge on any atom is 0.231 e. The summed E-state index contributed by atoms with van der Waals surface area (Å²) in [5, 5.41) is 16.0. The van der Waals surface area contributed by atoms with Gasteiger partial charge in [-0.3, -0.25) is 15.1 Å². The van der Waals surface area contributed by atoms with Gasteiger partial charge in [0.2, 0.25) is 5.91 Å². The summed E-state index contributed by atoms with van der Waals surface area (Å²) in [5.41, 5.74) is 4.63. The molecule has 2 fully saturated rings. The molecule has 2 N–H and O–H groups in total. The minimum atomic E-state index is -0.427. The largest absolute Gasteiger partial charge is 0.504 e. The van der Waals surface area contributed by atoms with Gasteiger partial charge >= 0.3 is 0 Å². The number of nitrogens with zero attached hydrogens (tertiary/aromatic N) is 3. The summed E-state index contributed by atoms with van der Waals surface area (Å²) < 4.78 is 5.30. The van der Waals surface area contributed by atoms with Crippen molar-refractivity contribution < 1.29 is 14.6 Å². The Labute approximate surface area is 186 Å². The molecule has 2 aromatic rings. The Kier molecular flexibility index (Phi) is 5.14. The molecule has 0 radical (unpaired) electrons. The lowest BCUT2D eigenvalue weighted by Gasteiger charge is -2.50. The molecule has 2 aliphatic heterocycles. The van der Waals surface area contributed by atoms with Gasteiger partial charge in [0.05, 0.1) is 25.1 Å². The molecule has 3 unspecified atom stereocenters. The van der Waals surface area contributed by atoms with Gasteiger partial charge in [-0.1, -0.05) is 48.7 Å². The number of hydrogen-bond acceptors (Lipinski definition) is 6. The van der Waals surface area contributed by atoms with Crippen molar-refractivity contribution >= 4 is 23.3 Å². The number of halogens is 1. The van der Waals surface area contributed by atoms with Crippen molar-refractivity contribution in [2.24, 2.45) is 11.0 Å². The predicted octanol–water partition coefficient (Wildman–Crippen LogP) is 3.51. The highest BCUT2D eigenvalue weighted by atomic mass is 35.5. The fourth-order valence-electron chi connectivity index (χ4n) is 5.02. The number of hydrogen-bond donors (Lipinski definition) is 2. The van der Waals surface area contributed by atoms with E-state index in [0.29, 0.717) is 28.7 Å². The molecule has 2 heterocycles. The average Bonchev–Trinajstić information content (AvgIpc) is 3.23. The number of hydrazone groups is 1. The highest BCUT2D eigenvalue weighted by molar-refractivity contribution is 6.31. The molecule has 1 saturated heterocycles. The summed E-state index contributed by atoms with van der Waals surface area (Å²) in [5.74, 6) is 1.10. The number of amidine groups is 1. The van der Waals surface area contributed by atoms with Gasteiger partial charge in [-0.05, 0) is 36.6 Å². The van der Waals surface area contributed by atoms with Crippen LogP contribution in [0, 0.1) is 5.92 Å². The Morgan fingerprint density at radius 3 is 2.81 bits per heavy atom. The van der Waals surface area contributed by atoms with Gasteiger partial charge in [-0.2, -0.15) is 5.10 Å². The number of amides is 1. The van der Waals surface area contributed by atoms with Gasteiger partial charge < -0.3 is 14.7 Å². The van der Waals surface area contributed by atoms with Crippen LogP contribution in [0.4, 0.5) is 0 Å². The van der Waals surface area contributed by atoms with E-state index < -0.39 is 6.29 Å². The SMILES string of the molecule is COc1cccc(C2=NNC3N(Cc4ccccc4Cl)C(=O)C4CCCCC4N23)c1O. The van der Waals surface area contributed by atoms with Gasteiger partial charge in [0.25, 0.3) is 0 Å². The van der Waals surface area contributed by atoms with E-state index in [-0.39, 0.29) is 23.6 Å². The quantitative estimate of drug-likeness (QED) is 0.760. The maximum atomic E-state index is 13.5. The number of phenolic OH excluding ortho intramolecular Hbond substituents is 1. The Balaban J connectivity index is 1.54. The second kappa shape index (κ2) is 7.96. The number of carbonyl (C=O) groups excluding carboxylic acids is 1. The van der Waals surface area contributed by atoms with Gasteiger partial charge in [0.1, 0.15) is 0 Å². The second-order valence-electron chi connectivity index (χ2n) is 8.22. The lowest BCUT2D eigenvalue weighted by Crippen LogP contribution is -2.67. The first kappa shape index (κ1) is 20.0. The predicted molar refractivity (Wildman–Crippen MR) is 118 cm³/mol. The second-order valence-corrected chi connectivity index (χ2v) is 8.62. The van der Waals surface area contributed by atoms with Crippen LogP contribution in [0.1, 0.15) is 36.8 Å². The highest BCUT2D eigenvalue weighted by Gasteiger charge is 2.51. The number of nitrogens with one attached hydrogen (secondary N) is 1. The van der Waals surface area contributed by atoms with Gasteiger partial charge in [0, 0.05) is 11.1 Å². The van der Waals surface area contributed by atoms with Crippen LogP contribution < -0.4 is 10.2 Å². The van der Waals surface area contributed by atoms with Gasteiger partial charge in [0.15, 0.2) is 23.6 Å². The number of ether oxygens (including phenoxy) is 1. The number of methoxy groups -OCH3 is 1. The van der Waals surface area contributed by atoms with Crippen molar-refractivity contribution in [1.82, 2.24) is 15.2 Å². The third-order valence-corrected chi connectivity index (χ3v) is 6.90. The van der Waals surface area contributed by atoms with E-state index in [1.165, 1.54) is 7.11 Å². The average molecular weight is 441 g/mol. The molecule has 1 saturated carbocycles. The molecule has 5 rings (SSSR count). The van der Waals surface area contributed by atoms with Crippen molar-refractivity contribution in [2.45, 2.75) is 44.6 Å². The van der Waals surface area contributed by atoms with Crippen molar-refractivity contribution in [3.63, 3.8) is 0 Å². The van der Waals surface area contributed by atoms with Crippen LogP contribution in [-0.4, -0.2) is 46.1 Å². The summed E-state index contributed by atoms with van der Waals surface area (Å²) >= 11 is 6.40. The van der Waals surface area contributed by atoms with Gasteiger partial charge in [-0.15, -0.1) is 0 Å². The number of benzene rings is 2. The van der Waals surface area contributed by atoms with Crippen LogP contribution >= 0.6 is 11.6 Å². The van der Waals surface area contributed by atoms with Crippen LogP contribution in [0.5, 0.6) is 11.5 Å². The molecule has 1 aliphatic carbocycles. The Hall–Kier alpha value is -2.93. The zero-order chi connectivity index (χ0) is 21.5. The van der Waals surface area contributed by atoms with Crippen LogP contribution in [0.2, 0.25) is 5.02 Å². The van der Waals surface area contributed by atoms with Gasteiger partial charge in [-0.25, -0.2) is 0 Å². The molecule has 2 aromatic carbocycles. The van der Waals surface area contributed by atoms with Crippen molar-refractivity contribution in [2.75, 3.05) is 7.11 Å². The lowest BCUT2D eigenvalue weighted by atomic mass is 9.80. The number of aromatic hydroxyl groups is 1. The van der Waals surface area contributed by atoms with E-state index in [2.05, 4.69) is 15.4 Å². The molecule has 0 bridgehead atoms. The van der Waals surface area contributed by atoms with E-state index in [9.17, 15) is 9.90 Å². The van der Waals surface area contributed by atoms with E-state index in [0.717, 1.165) is 31.2 Å². The smallest absolute Gasteiger partial charge is 0.231 e. The maximum absolute atomic E-state index is 13.5. The molecule has 1 amide bonds. The molecule has 8 heteroatoms. The zero-order valence-corrected chi connectivity index (χ0v) is 18.0. The number of phenols is 1. The molecule has 0 aromatic heterocycles. The minimum absolute atomic E-state index is 0.0353. The van der Waals surface area contributed by atoms with Crippen LogP contribution in [0.15, 0.2) is 47.6 Å². The summed E-state index contributed by atoms with van der Waals surface area (Å²) in [6, 6.07) is 13.0. The number of carbonyl (C=O) groups is 1. The van der Waals surface area contributed by atoms with Crippen LogP contribution in [0.3, 0.4) is 0 Å². The summed E-state index contributed by atoms with van der Waals surface area (Å²) in [6.07, 6.45) is 3.44.